The number of carboxylic acid groups (broad SMARTS) is 1. The second kappa shape index (κ2) is 5.19. The Balaban J connectivity index is 1.89. The molecular weight excluding hydrogens is 338 g/mol. The van der Waals surface area contributed by atoms with Crippen LogP contribution in [0.25, 0.3) is 32.1 Å². The Bertz CT molecular complexity index is 1150. The number of fused-ring (bicyclic) bond motifs is 4. The molecule has 0 bridgehead atoms. The van der Waals surface area contributed by atoms with Crippen molar-refractivity contribution in [2.45, 2.75) is 0 Å². The molecule has 0 unspecified atom stereocenters. The van der Waals surface area contributed by atoms with Crippen LogP contribution >= 0.6 is 11.3 Å². The molecule has 0 fully saturated rings. The van der Waals surface area contributed by atoms with Gasteiger partial charge >= 0.3 is 5.97 Å². The van der Waals surface area contributed by atoms with E-state index in [2.05, 4.69) is 4.98 Å². The number of aromatic nitrogens is 1. The van der Waals surface area contributed by atoms with Gasteiger partial charge in [-0.1, -0.05) is 30.3 Å². The number of hydrogen-bond acceptors (Lipinski definition) is 5. The lowest BCUT2D eigenvalue weighted by Gasteiger charge is -2.04. The minimum Gasteiger partial charge on any atom is -0.477 e. The molecule has 1 N–H and O–H groups in total. The van der Waals surface area contributed by atoms with Crippen molar-refractivity contribution in [2.24, 2.45) is 0 Å². The zero-order valence-electron chi connectivity index (χ0n) is 12.9. The molecule has 3 heterocycles. The molecule has 2 aromatic heterocycles. The Morgan fingerprint density at radius 2 is 1.84 bits per heavy atom. The first-order valence-electron chi connectivity index (χ1n) is 7.66. The van der Waals surface area contributed by atoms with Gasteiger partial charge in [0.2, 0.25) is 6.79 Å². The van der Waals surface area contributed by atoms with Crippen molar-refractivity contribution in [1.29, 1.82) is 0 Å². The molecule has 1 aliphatic heterocycles. The van der Waals surface area contributed by atoms with E-state index in [1.807, 2.05) is 42.5 Å². The first-order valence-corrected chi connectivity index (χ1v) is 8.47. The Morgan fingerprint density at radius 1 is 1.08 bits per heavy atom. The molecule has 2 aromatic carbocycles. The molecule has 25 heavy (non-hydrogen) atoms. The summed E-state index contributed by atoms with van der Waals surface area (Å²) in [6.07, 6.45) is 1.74. The summed E-state index contributed by atoms with van der Waals surface area (Å²) in [6, 6.07) is 13.2. The third-order valence-corrected chi connectivity index (χ3v) is 5.50. The fourth-order valence-electron chi connectivity index (χ4n) is 3.16. The first kappa shape index (κ1) is 14.2. The molecule has 0 aliphatic carbocycles. The second-order valence-electron chi connectivity index (χ2n) is 5.70. The van der Waals surface area contributed by atoms with E-state index in [1.54, 1.807) is 6.20 Å². The number of benzene rings is 2. The second-order valence-corrected chi connectivity index (χ2v) is 6.72. The van der Waals surface area contributed by atoms with Crippen molar-refractivity contribution in [3.63, 3.8) is 0 Å². The molecule has 6 heteroatoms. The Kier molecular flexibility index (Phi) is 2.96. The number of thiophene rings is 1. The highest BCUT2D eigenvalue weighted by molar-refractivity contribution is 7.22. The molecule has 4 aromatic rings. The van der Waals surface area contributed by atoms with Gasteiger partial charge in [0.1, 0.15) is 4.88 Å². The van der Waals surface area contributed by atoms with Gasteiger partial charge in [-0.05, 0) is 11.6 Å². The number of rotatable bonds is 2. The van der Waals surface area contributed by atoms with Crippen molar-refractivity contribution in [3.8, 4) is 22.6 Å². The summed E-state index contributed by atoms with van der Waals surface area (Å²) in [4.78, 5) is 16.7. The van der Waals surface area contributed by atoms with Crippen LogP contribution in [0.15, 0.2) is 48.7 Å². The number of pyridine rings is 1. The predicted octanol–water partition coefficient (Wildman–Crippen LogP) is 4.54. The third kappa shape index (κ3) is 2.08. The normalized spacial score (nSPS) is 12.8. The lowest BCUT2D eigenvalue weighted by Crippen LogP contribution is -1.94. The standard InChI is InChI=1S/C19H11NO4S/c21-19(22)18-16(10-4-2-1-3-5-10)12-8-20-13-7-15-14(23-9-24-15)6-11(13)17(12)25-18/h1-8H,9H2,(H,21,22). The quantitative estimate of drug-likeness (QED) is 0.575. The zero-order valence-corrected chi connectivity index (χ0v) is 13.7. The van der Waals surface area contributed by atoms with Crippen molar-refractivity contribution in [3.05, 3.63) is 53.5 Å². The molecule has 5 rings (SSSR count). The van der Waals surface area contributed by atoms with Crippen LogP contribution in [-0.4, -0.2) is 22.9 Å². The number of ether oxygens (including phenoxy) is 2. The fourth-order valence-corrected chi connectivity index (χ4v) is 4.32. The van der Waals surface area contributed by atoms with Crippen LogP contribution in [0.4, 0.5) is 0 Å². The Hall–Kier alpha value is -3.12. The molecule has 0 spiro atoms. The highest BCUT2D eigenvalue weighted by Gasteiger charge is 2.23. The molecule has 0 atom stereocenters. The molecule has 0 saturated carbocycles. The highest BCUT2D eigenvalue weighted by atomic mass is 32.1. The average molecular weight is 349 g/mol. The van der Waals surface area contributed by atoms with Crippen LogP contribution in [0.3, 0.4) is 0 Å². The van der Waals surface area contributed by atoms with Gasteiger partial charge in [-0.2, -0.15) is 0 Å². The molecule has 0 amide bonds. The number of aromatic carboxylic acids is 1. The smallest absolute Gasteiger partial charge is 0.346 e. The van der Waals surface area contributed by atoms with E-state index < -0.39 is 5.97 Å². The van der Waals surface area contributed by atoms with Gasteiger partial charge in [0.05, 0.1) is 5.52 Å². The predicted molar refractivity (Wildman–Crippen MR) is 95.6 cm³/mol. The van der Waals surface area contributed by atoms with Crippen LogP contribution in [-0.2, 0) is 0 Å². The molecule has 0 saturated heterocycles. The molecule has 5 nitrogen and oxygen atoms in total. The zero-order chi connectivity index (χ0) is 17.0. The van der Waals surface area contributed by atoms with Crippen molar-refractivity contribution in [2.75, 3.05) is 6.79 Å². The van der Waals surface area contributed by atoms with E-state index in [4.69, 9.17) is 9.47 Å². The van der Waals surface area contributed by atoms with E-state index in [0.29, 0.717) is 21.9 Å². The van der Waals surface area contributed by atoms with Gasteiger partial charge < -0.3 is 14.6 Å². The number of hydrogen-bond donors (Lipinski definition) is 1. The molecule has 1 aliphatic rings. The van der Waals surface area contributed by atoms with Crippen molar-refractivity contribution in [1.82, 2.24) is 4.98 Å². The van der Waals surface area contributed by atoms with E-state index in [9.17, 15) is 9.90 Å². The van der Waals surface area contributed by atoms with E-state index in [-0.39, 0.29) is 6.79 Å². The number of nitrogens with zero attached hydrogens (tertiary/aromatic N) is 1. The van der Waals surface area contributed by atoms with Crippen molar-refractivity contribution >= 4 is 38.3 Å². The van der Waals surface area contributed by atoms with Gasteiger partial charge in [-0.15, -0.1) is 11.3 Å². The summed E-state index contributed by atoms with van der Waals surface area (Å²) in [5, 5.41) is 11.4. The SMILES string of the molecule is O=C(O)c1sc2c(cnc3cc4c(cc32)OCO4)c1-c1ccccc1. The summed E-state index contributed by atoms with van der Waals surface area (Å²) in [5.41, 5.74) is 2.34. The largest absolute Gasteiger partial charge is 0.477 e. The third-order valence-electron chi connectivity index (χ3n) is 4.27. The van der Waals surface area contributed by atoms with E-state index >= 15 is 0 Å². The van der Waals surface area contributed by atoms with Crippen LogP contribution in [0, 0.1) is 0 Å². The summed E-state index contributed by atoms with van der Waals surface area (Å²) in [6.45, 7) is 0.189. The maximum absolute atomic E-state index is 11.8. The molecule has 0 radical (unpaired) electrons. The van der Waals surface area contributed by atoms with E-state index in [1.165, 1.54) is 11.3 Å². The van der Waals surface area contributed by atoms with Crippen LogP contribution in [0.5, 0.6) is 11.5 Å². The van der Waals surface area contributed by atoms with E-state index in [0.717, 1.165) is 26.6 Å². The summed E-state index contributed by atoms with van der Waals surface area (Å²) >= 11 is 1.27. The van der Waals surface area contributed by atoms with Gasteiger partial charge in [0.25, 0.3) is 0 Å². The van der Waals surface area contributed by atoms with Crippen LogP contribution in [0.1, 0.15) is 9.67 Å². The number of carboxylic acids is 1. The molecule has 122 valence electrons. The topological polar surface area (TPSA) is 68.7 Å². The Morgan fingerprint density at radius 3 is 2.60 bits per heavy atom. The lowest BCUT2D eigenvalue weighted by atomic mass is 10.0. The fraction of sp³-hybridized carbons (Fsp3) is 0.0526. The van der Waals surface area contributed by atoms with Gasteiger partial charge in [-0.25, -0.2) is 4.79 Å². The maximum atomic E-state index is 11.8. The Labute approximate surface area is 146 Å². The monoisotopic (exact) mass is 349 g/mol. The number of carbonyl (C=O) groups is 1. The summed E-state index contributed by atoms with van der Waals surface area (Å²) in [5.74, 6) is 0.389. The van der Waals surface area contributed by atoms with Gasteiger partial charge in [0.15, 0.2) is 11.5 Å². The van der Waals surface area contributed by atoms with Gasteiger partial charge in [0, 0.05) is 33.3 Å². The first-order chi connectivity index (χ1) is 12.2. The minimum atomic E-state index is -0.936. The van der Waals surface area contributed by atoms with Crippen LogP contribution in [0.2, 0.25) is 0 Å². The van der Waals surface area contributed by atoms with Gasteiger partial charge in [-0.3, -0.25) is 4.98 Å². The van der Waals surface area contributed by atoms with Crippen molar-refractivity contribution < 1.29 is 19.4 Å². The molecular formula is C19H11NO4S. The summed E-state index contributed by atoms with van der Waals surface area (Å²) in [7, 11) is 0. The minimum absolute atomic E-state index is 0.189. The maximum Gasteiger partial charge on any atom is 0.346 e. The lowest BCUT2D eigenvalue weighted by molar-refractivity contribution is 0.0703. The average Bonchev–Trinajstić information content (AvgIpc) is 3.24. The summed E-state index contributed by atoms with van der Waals surface area (Å²) < 4.78 is 11.8. The van der Waals surface area contributed by atoms with Crippen LogP contribution < -0.4 is 9.47 Å². The highest BCUT2D eigenvalue weighted by Crippen LogP contribution is 2.44.